The Balaban J connectivity index is 2.28. The molecule has 0 fully saturated rings. The van der Waals surface area contributed by atoms with Gasteiger partial charge in [-0.15, -0.1) is 0 Å². The van der Waals surface area contributed by atoms with Gasteiger partial charge in [-0.3, -0.25) is 4.98 Å². The van der Waals surface area contributed by atoms with Crippen molar-refractivity contribution in [2.45, 2.75) is 13.5 Å². The Morgan fingerprint density at radius 2 is 2.10 bits per heavy atom. The van der Waals surface area contributed by atoms with E-state index < -0.39 is 5.97 Å². The van der Waals surface area contributed by atoms with Gasteiger partial charge in [0.2, 0.25) is 0 Å². The molecule has 0 amide bonds. The summed E-state index contributed by atoms with van der Waals surface area (Å²) < 4.78 is 0. The van der Waals surface area contributed by atoms with E-state index in [9.17, 15) is 4.79 Å². The molecule has 0 saturated carbocycles. The number of pyridine rings is 2. The van der Waals surface area contributed by atoms with Gasteiger partial charge in [-0.2, -0.15) is 0 Å². The van der Waals surface area contributed by atoms with Crippen LogP contribution in [0.25, 0.3) is 0 Å². The SMILES string of the molecule is CCN(Cc1ccncc1)c1cc(C(=O)O)c(Cl)cn1. The maximum atomic E-state index is 11.1. The fraction of sp³-hybridized carbons (Fsp3) is 0.214. The van der Waals surface area contributed by atoms with E-state index in [4.69, 9.17) is 16.7 Å². The standard InChI is InChI=1S/C14H14ClN3O2/c1-2-18(9-10-3-5-16-6-4-10)13-7-11(14(19)20)12(15)8-17-13/h3-8H,2,9H2,1H3,(H,19,20). The third-order valence-corrected chi connectivity index (χ3v) is 3.20. The lowest BCUT2D eigenvalue weighted by molar-refractivity contribution is 0.0697. The molecule has 0 aliphatic rings. The summed E-state index contributed by atoms with van der Waals surface area (Å²) in [5, 5.41) is 9.24. The number of carboxylic acid groups (broad SMARTS) is 1. The van der Waals surface area contributed by atoms with Crippen LogP contribution in [0.4, 0.5) is 5.82 Å². The van der Waals surface area contributed by atoms with Crippen molar-refractivity contribution in [2.75, 3.05) is 11.4 Å². The summed E-state index contributed by atoms with van der Waals surface area (Å²) in [6, 6.07) is 5.32. The normalized spacial score (nSPS) is 10.3. The van der Waals surface area contributed by atoms with E-state index in [1.807, 2.05) is 24.0 Å². The molecule has 0 aromatic carbocycles. The average molecular weight is 292 g/mol. The van der Waals surface area contributed by atoms with Gasteiger partial charge in [0.15, 0.2) is 0 Å². The van der Waals surface area contributed by atoms with Gasteiger partial charge in [0.1, 0.15) is 5.82 Å². The number of aromatic carboxylic acids is 1. The fourth-order valence-electron chi connectivity index (χ4n) is 1.83. The van der Waals surface area contributed by atoms with Gasteiger partial charge in [0.25, 0.3) is 0 Å². The van der Waals surface area contributed by atoms with Crippen molar-refractivity contribution in [1.29, 1.82) is 0 Å². The van der Waals surface area contributed by atoms with Crippen molar-refractivity contribution in [1.82, 2.24) is 9.97 Å². The summed E-state index contributed by atoms with van der Waals surface area (Å²) in [5.74, 6) is -0.468. The maximum absolute atomic E-state index is 11.1. The quantitative estimate of drug-likeness (QED) is 0.917. The highest BCUT2D eigenvalue weighted by Gasteiger charge is 2.14. The van der Waals surface area contributed by atoms with E-state index in [-0.39, 0.29) is 10.6 Å². The van der Waals surface area contributed by atoms with E-state index in [2.05, 4.69) is 9.97 Å². The number of anilines is 1. The second-order valence-corrected chi connectivity index (χ2v) is 4.60. The number of hydrogen-bond acceptors (Lipinski definition) is 4. The summed E-state index contributed by atoms with van der Waals surface area (Å²) in [5.41, 5.74) is 1.14. The summed E-state index contributed by atoms with van der Waals surface area (Å²) in [6.45, 7) is 3.32. The largest absolute Gasteiger partial charge is 0.478 e. The first-order valence-corrected chi connectivity index (χ1v) is 6.52. The topological polar surface area (TPSA) is 66.3 Å². The number of rotatable bonds is 5. The molecule has 0 unspecified atom stereocenters. The molecule has 1 N–H and O–H groups in total. The van der Waals surface area contributed by atoms with Gasteiger partial charge < -0.3 is 10.0 Å². The number of carboxylic acids is 1. The molecule has 0 aliphatic carbocycles. The highest BCUT2D eigenvalue weighted by atomic mass is 35.5. The Kier molecular flexibility index (Phi) is 4.53. The van der Waals surface area contributed by atoms with Crippen molar-refractivity contribution < 1.29 is 9.90 Å². The van der Waals surface area contributed by atoms with Crippen LogP contribution in [0.2, 0.25) is 5.02 Å². The molecule has 0 radical (unpaired) electrons. The molecule has 0 bridgehead atoms. The first-order chi connectivity index (χ1) is 9.61. The van der Waals surface area contributed by atoms with Crippen LogP contribution in [0.5, 0.6) is 0 Å². The molecule has 0 atom stereocenters. The van der Waals surface area contributed by atoms with Gasteiger partial charge in [-0.05, 0) is 30.7 Å². The predicted molar refractivity (Wildman–Crippen MR) is 77.2 cm³/mol. The lowest BCUT2D eigenvalue weighted by Crippen LogP contribution is -2.23. The number of nitrogens with zero attached hydrogens (tertiary/aromatic N) is 3. The molecule has 2 aromatic rings. The van der Waals surface area contributed by atoms with Crippen molar-refractivity contribution in [3.8, 4) is 0 Å². The molecule has 6 heteroatoms. The monoisotopic (exact) mass is 291 g/mol. The van der Waals surface area contributed by atoms with Crippen LogP contribution in [0.3, 0.4) is 0 Å². The number of aromatic nitrogens is 2. The Hall–Kier alpha value is -2.14. The smallest absolute Gasteiger partial charge is 0.337 e. The molecule has 2 rings (SSSR count). The summed E-state index contributed by atoms with van der Waals surface area (Å²) in [6.07, 6.45) is 4.82. The van der Waals surface area contributed by atoms with Crippen molar-refractivity contribution in [3.63, 3.8) is 0 Å². The molecule has 5 nitrogen and oxygen atoms in total. The Morgan fingerprint density at radius 3 is 2.70 bits per heavy atom. The summed E-state index contributed by atoms with van der Waals surface area (Å²) >= 11 is 5.83. The molecule has 0 aliphatic heterocycles. The van der Waals surface area contributed by atoms with E-state index >= 15 is 0 Å². The summed E-state index contributed by atoms with van der Waals surface area (Å²) in [4.78, 5) is 21.2. The van der Waals surface area contributed by atoms with Crippen LogP contribution in [0, 0.1) is 0 Å². The number of carbonyl (C=O) groups is 1. The van der Waals surface area contributed by atoms with Gasteiger partial charge in [-0.1, -0.05) is 11.6 Å². The van der Waals surface area contributed by atoms with Crippen LogP contribution in [-0.4, -0.2) is 27.6 Å². The second kappa shape index (κ2) is 6.34. The number of hydrogen-bond donors (Lipinski definition) is 1. The van der Waals surface area contributed by atoms with E-state index in [0.29, 0.717) is 18.9 Å². The molecule has 20 heavy (non-hydrogen) atoms. The molecular weight excluding hydrogens is 278 g/mol. The predicted octanol–water partition coefficient (Wildman–Crippen LogP) is 2.85. The second-order valence-electron chi connectivity index (χ2n) is 4.20. The van der Waals surface area contributed by atoms with E-state index in [0.717, 1.165) is 5.56 Å². The minimum absolute atomic E-state index is 0.0600. The third-order valence-electron chi connectivity index (χ3n) is 2.90. The fourth-order valence-corrected chi connectivity index (χ4v) is 2.01. The van der Waals surface area contributed by atoms with Crippen LogP contribution in [0.1, 0.15) is 22.8 Å². The highest BCUT2D eigenvalue weighted by Crippen LogP contribution is 2.21. The Bertz CT molecular complexity index is 605. The highest BCUT2D eigenvalue weighted by molar-refractivity contribution is 6.33. The van der Waals surface area contributed by atoms with E-state index in [1.54, 1.807) is 12.4 Å². The van der Waals surface area contributed by atoms with Crippen molar-refractivity contribution in [3.05, 3.63) is 52.9 Å². The zero-order valence-corrected chi connectivity index (χ0v) is 11.7. The molecular formula is C14H14ClN3O2. The Morgan fingerprint density at radius 1 is 1.40 bits per heavy atom. The molecule has 0 spiro atoms. The summed E-state index contributed by atoms with van der Waals surface area (Å²) in [7, 11) is 0. The van der Waals surface area contributed by atoms with Gasteiger partial charge >= 0.3 is 5.97 Å². The lowest BCUT2D eigenvalue weighted by Gasteiger charge is -2.22. The maximum Gasteiger partial charge on any atom is 0.337 e. The van der Waals surface area contributed by atoms with Gasteiger partial charge in [-0.25, -0.2) is 9.78 Å². The minimum atomic E-state index is -1.06. The van der Waals surface area contributed by atoms with Crippen molar-refractivity contribution >= 4 is 23.4 Å². The van der Waals surface area contributed by atoms with Crippen LogP contribution < -0.4 is 4.90 Å². The molecule has 2 aromatic heterocycles. The van der Waals surface area contributed by atoms with Crippen LogP contribution in [0.15, 0.2) is 36.8 Å². The zero-order valence-electron chi connectivity index (χ0n) is 11.0. The zero-order chi connectivity index (χ0) is 14.5. The Labute approximate surface area is 121 Å². The number of halogens is 1. The van der Waals surface area contributed by atoms with Gasteiger partial charge in [0, 0.05) is 31.7 Å². The van der Waals surface area contributed by atoms with Crippen molar-refractivity contribution in [2.24, 2.45) is 0 Å². The molecule has 0 saturated heterocycles. The third kappa shape index (κ3) is 3.24. The lowest BCUT2D eigenvalue weighted by atomic mass is 10.2. The van der Waals surface area contributed by atoms with Crippen LogP contribution in [-0.2, 0) is 6.54 Å². The minimum Gasteiger partial charge on any atom is -0.478 e. The molecule has 2 heterocycles. The van der Waals surface area contributed by atoms with Crippen LogP contribution >= 0.6 is 11.6 Å². The average Bonchev–Trinajstić information content (AvgIpc) is 2.46. The molecule has 104 valence electrons. The first-order valence-electron chi connectivity index (χ1n) is 6.14. The first kappa shape index (κ1) is 14.3. The van der Waals surface area contributed by atoms with Gasteiger partial charge in [0.05, 0.1) is 10.6 Å². The van der Waals surface area contributed by atoms with E-state index in [1.165, 1.54) is 12.3 Å².